The number of ether oxygens (including phenoxy) is 3. The minimum Gasteiger partial charge on any atom is -0.493 e. The van der Waals surface area contributed by atoms with Gasteiger partial charge in [-0.1, -0.05) is 41.9 Å². The van der Waals surface area contributed by atoms with Crippen LogP contribution in [0.4, 0.5) is 29.3 Å². The van der Waals surface area contributed by atoms with E-state index in [2.05, 4.69) is 5.32 Å². The second kappa shape index (κ2) is 13.2. The van der Waals surface area contributed by atoms with Gasteiger partial charge in [0.05, 0.1) is 28.3 Å². The number of halogens is 4. The number of nitrogens with zero attached hydrogens (tertiary/aromatic N) is 2. The van der Waals surface area contributed by atoms with Gasteiger partial charge in [0.15, 0.2) is 11.5 Å². The summed E-state index contributed by atoms with van der Waals surface area (Å²) in [4.78, 5) is 50.0. The van der Waals surface area contributed by atoms with Crippen molar-refractivity contribution in [1.29, 1.82) is 0 Å². The van der Waals surface area contributed by atoms with Crippen LogP contribution in [0.3, 0.4) is 0 Å². The molecule has 4 aromatic rings. The Morgan fingerprint density at radius 2 is 1.66 bits per heavy atom. The highest BCUT2D eigenvalue weighted by atomic mass is 35.5. The van der Waals surface area contributed by atoms with Gasteiger partial charge in [0, 0.05) is 6.07 Å². The van der Waals surface area contributed by atoms with E-state index in [0.29, 0.717) is 24.5 Å². The number of methoxy groups -OCH3 is 1. The van der Waals surface area contributed by atoms with Crippen LogP contribution in [0.2, 0.25) is 5.02 Å². The lowest BCUT2D eigenvalue weighted by atomic mass is 10.1. The number of rotatable bonds is 9. The smallest absolute Gasteiger partial charge is 0.416 e. The zero-order valence-electron chi connectivity index (χ0n) is 24.0. The van der Waals surface area contributed by atoms with Crippen molar-refractivity contribution >= 4 is 46.9 Å². The van der Waals surface area contributed by atoms with Crippen LogP contribution in [0.1, 0.15) is 16.7 Å². The number of urea groups is 1. The lowest BCUT2D eigenvalue weighted by Gasteiger charge is -2.26. The van der Waals surface area contributed by atoms with Crippen LogP contribution in [0.5, 0.6) is 23.0 Å². The van der Waals surface area contributed by atoms with Gasteiger partial charge in [-0.2, -0.15) is 13.2 Å². The second-order valence-corrected chi connectivity index (χ2v) is 10.2. The number of hydrogen-bond acceptors (Lipinski definition) is 8. The molecule has 15 heteroatoms. The summed E-state index contributed by atoms with van der Waals surface area (Å²) in [5.74, 6) is -2.45. The molecule has 0 aromatic heterocycles. The Kier molecular flexibility index (Phi) is 9.15. The molecule has 0 spiro atoms. The van der Waals surface area contributed by atoms with Crippen LogP contribution in [-0.4, -0.2) is 29.9 Å². The van der Waals surface area contributed by atoms with Gasteiger partial charge >= 0.3 is 17.9 Å². The molecule has 0 saturated carbocycles. The molecule has 1 aliphatic heterocycles. The Morgan fingerprint density at radius 1 is 0.957 bits per heavy atom. The zero-order chi connectivity index (χ0) is 33.9. The van der Waals surface area contributed by atoms with Crippen LogP contribution in [0.15, 0.2) is 90.5 Å². The molecular formula is C32H21ClF3N3O8. The highest BCUT2D eigenvalue weighted by Crippen LogP contribution is 2.44. The number of carbonyl (C=O) groups is 3. The second-order valence-electron chi connectivity index (χ2n) is 9.80. The molecule has 0 unspecified atom stereocenters. The maximum Gasteiger partial charge on any atom is 0.416 e. The van der Waals surface area contributed by atoms with Gasteiger partial charge in [-0.05, 0) is 65.7 Å². The molecule has 11 nitrogen and oxygen atoms in total. The van der Waals surface area contributed by atoms with E-state index in [1.165, 1.54) is 31.4 Å². The molecule has 1 fully saturated rings. The van der Waals surface area contributed by atoms with Gasteiger partial charge in [-0.3, -0.25) is 25.0 Å². The number of barbiturate groups is 1. The summed E-state index contributed by atoms with van der Waals surface area (Å²) in [6.07, 6.45) is -3.70. The number of hydrogen-bond donors (Lipinski definition) is 1. The van der Waals surface area contributed by atoms with Gasteiger partial charge in [0.2, 0.25) is 5.75 Å². The number of anilines is 1. The average Bonchev–Trinajstić information content (AvgIpc) is 3.03. The van der Waals surface area contributed by atoms with Gasteiger partial charge in [0.25, 0.3) is 11.8 Å². The van der Waals surface area contributed by atoms with Gasteiger partial charge in [-0.25, -0.2) is 9.69 Å². The molecule has 4 aromatic carbocycles. The third-order valence-electron chi connectivity index (χ3n) is 6.70. The number of nitrogens with one attached hydrogen (secondary N) is 1. The van der Waals surface area contributed by atoms with E-state index in [0.717, 1.165) is 22.6 Å². The lowest BCUT2D eigenvalue weighted by Crippen LogP contribution is -2.54. The molecule has 1 saturated heterocycles. The summed E-state index contributed by atoms with van der Waals surface area (Å²) in [5.41, 5.74) is -1.47. The van der Waals surface area contributed by atoms with Crippen LogP contribution >= 0.6 is 11.6 Å². The Labute approximate surface area is 268 Å². The normalized spacial score (nSPS) is 14.2. The molecule has 1 heterocycles. The molecule has 1 N–H and O–H groups in total. The minimum absolute atomic E-state index is 0.124. The van der Waals surface area contributed by atoms with Crippen LogP contribution < -0.4 is 24.4 Å². The molecule has 0 bridgehead atoms. The molecule has 5 rings (SSSR count). The molecule has 0 aliphatic carbocycles. The monoisotopic (exact) mass is 667 g/mol. The first kappa shape index (κ1) is 32.5. The average molecular weight is 668 g/mol. The van der Waals surface area contributed by atoms with Crippen molar-refractivity contribution in [2.75, 3.05) is 12.0 Å². The zero-order valence-corrected chi connectivity index (χ0v) is 24.8. The fourth-order valence-electron chi connectivity index (χ4n) is 4.45. The first-order valence-corrected chi connectivity index (χ1v) is 13.8. The first-order valence-electron chi connectivity index (χ1n) is 13.4. The highest BCUT2D eigenvalue weighted by Gasteiger charge is 2.37. The third-order valence-corrected chi connectivity index (χ3v) is 6.98. The molecule has 0 radical (unpaired) electrons. The number of amides is 4. The largest absolute Gasteiger partial charge is 0.493 e. The molecular weight excluding hydrogens is 647 g/mol. The molecule has 4 amide bonds. The summed E-state index contributed by atoms with van der Waals surface area (Å²) in [5, 5.41) is 13.4. The van der Waals surface area contributed by atoms with Gasteiger partial charge in [0.1, 0.15) is 17.9 Å². The summed E-state index contributed by atoms with van der Waals surface area (Å²) in [6.45, 7) is 0.293. The molecule has 47 heavy (non-hydrogen) atoms. The van der Waals surface area contributed by atoms with Gasteiger partial charge < -0.3 is 14.2 Å². The number of nitro benzene ring substituents is 1. The van der Waals surface area contributed by atoms with Crippen molar-refractivity contribution in [2.45, 2.75) is 12.8 Å². The van der Waals surface area contributed by atoms with Crippen LogP contribution in [0, 0.1) is 10.1 Å². The number of imide groups is 2. The molecule has 1 aliphatic rings. The fourth-order valence-corrected chi connectivity index (χ4v) is 4.70. The predicted molar refractivity (Wildman–Crippen MR) is 162 cm³/mol. The van der Waals surface area contributed by atoms with E-state index in [4.69, 9.17) is 25.8 Å². The van der Waals surface area contributed by atoms with E-state index in [-0.39, 0.29) is 27.8 Å². The van der Waals surface area contributed by atoms with Crippen molar-refractivity contribution < 1.29 is 46.7 Å². The van der Waals surface area contributed by atoms with Crippen molar-refractivity contribution in [1.82, 2.24) is 5.32 Å². The minimum atomic E-state index is -4.84. The maximum atomic E-state index is 13.4. The SMILES string of the molecule is COc1cc(/C=C2\C(=O)NC(=O)N(c3ccc(OCc4ccccc4)cc3)C2=O)cc(Cl)c1Oc1ccc(C(F)(F)F)cc1[N+](=O)[O-]. The van der Waals surface area contributed by atoms with Crippen molar-refractivity contribution in [3.63, 3.8) is 0 Å². The Balaban J connectivity index is 1.40. The van der Waals surface area contributed by atoms with Crippen molar-refractivity contribution in [2.24, 2.45) is 0 Å². The third kappa shape index (κ3) is 7.17. The molecule has 0 atom stereocenters. The Bertz CT molecular complexity index is 1920. The van der Waals surface area contributed by atoms with E-state index in [1.807, 2.05) is 30.3 Å². The number of carbonyl (C=O) groups excluding carboxylic acids is 3. The van der Waals surface area contributed by atoms with Gasteiger partial charge in [-0.15, -0.1) is 0 Å². The summed E-state index contributed by atoms with van der Waals surface area (Å²) < 4.78 is 55.9. The van der Waals surface area contributed by atoms with E-state index < -0.39 is 51.5 Å². The van der Waals surface area contributed by atoms with E-state index in [1.54, 1.807) is 12.1 Å². The number of nitro groups is 1. The number of benzene rings is 4. The lowest BCUT2D eigenvalue weighted by molar-refractivity contribution is -0.385. The highest BCUT2D eigenvalue weighted by molar-refractivity contribution is 6.39. The quantitative estimate of drug-likeness (QED) is 0.0849. The van der Waals surface area contributed by atoms with Crippen LogP contribution in [0.25, 0.3) is 6.08 Å². The Morgan fingerprint density at radius 3 is 2.30 bits per heavy atom. The first-order chi connectivity index (χ1) is 22.3. The molecule has 240 valence electrons. The van der Waals surface area contributed by atoms with E-state index >= 15 is 0 Å². The maximum absolute atomic E-state index is 13.4. The standard InChI is InChI=1S/C32H21ClF3N3O8/c1-45-27-15-19(14-24(33)28(27)47-26-12-7-20(32(34,35)36)16-25(26)39(43)44)13-23-29(40)37-31(42)38(30(23)41)21-8-10-22(11-9-21)46-17-18-5-3-2-4-6-18/h2-16H,17H2,1H3,(H,37,40,42)/b23-13+. The van der Waals surface area contributed by atoms with Crippen molar-refractivity contribution in [3.05, 3.63) is 122 Å². The topological polar surface area (TPSA) is 137 Å². The Hall–Kier alpha value is -5.89. The van der Waals surface area contributed by atoms with Crippen molar-refractivity contribution in [3.8, 4) is 23.0 Å². The summed E-state index contributed by atoms with van der Waals surface area (Å²) in [6, 6.07) is 18.7. The van der Waals surface area contributed by atoms with Crippen LogP contribution in [-0.2, 0) is 22.4 Å². The van der Waals surface area contributed by atoms with E-state index in [9.17, 15) is 37.7 Å². The fraction of sp³-hybridized carbons (Fsp3) is 0.0938. The number of alkyl halides is 3. The summed E-state index contributed by atoms with van der Waals surface area (Å²) >= 11 is 6.37. The predicted octanol–water partition coefficient (Wildman–Crippen LogP) is 7.31. The summed E-state index contributed by atoms with van der Waals surface area (Å²) in [7, 11) is 1.20.